The number of anilines is 2. The zero-order valence-electron chi connectivity index (χ0n) is 10.9. The minimum Gasteiger partial charge on any atom is -0.393 e. The normalized spacial score (nSPS) is 12.2. The van der Waals surface area contributed by atoms with Crippen LogP contribution in [-0.4, -0.2) is 31.2 Å². The molecule has 0 aromatic heterocycles. The van der Waals surface area contributed by atoms with Crippen molar-refractivity contribution >= 4 is 17.1 Å². The number of nitro groups is 1. The maximum absolute atomic E-state index is 10.7. The van der Waals surface area contributed by atoms with E-state index in [1.807, 2.05) is 13.8 Å². The summed E-state index contributed by atoms with van der Waals surface area (Å²) in [4.78, 5) is 12.3. The molecule has 2 N–H and O–H groups in total. The summed E-state index contributed by atoms with van der Waals surface area (Å²) < 4.78 is 5.12. The number of hydrogen-bond donors (Lipinski definition) is 1. The van der Waals surface area contributed by atoms with Crippen molar-refractivity contribution in [2.24, 2.45) is 0 Å². The molecular formula is C12H19N3O3. The number of nitrogen functional groups attached to an aromatic ring is 1. The lowest BCUT2D eigenvalue weighted by Crippen LogP contribution is -2.36. The predicted octanol–water partition coefficient (Wildman–Crippen LogP) is 2.04. The summed E-state index contributed by atoms with van der Waals surface area (Å²) >= 11 is 0. The van der Waals surface area contributed by atoms with Crippen LogP contribution < -0.4 is 10.6 Å². The highest BCUT2D eigenvalue weighted by atomic mass is 16.6. The lowest BCUT2D eigenvalue weighted by atomic mass is 10.2. The fourth-order valence-corrected chi connectivity index (χ4v) is 1.97. The third kappa shape index (κ3) is 3.10. The van der Waals surface area contributed by atoms with Crippen molar-refractivity contribution in [2.45, 2.75) is 19.9 Å². The van der Waals surface area contributed by atoms with Gasteiger partial charge in [-0.05, 0) is 26.0 Å². The molecule has 100 valence electrons. The Balaban J connectivity index is 3.01. The van der Waals surface area contributed by atoms with Gasteiger partial charge in [0.05, 0.1) is 11.5 Å². The van der Waals surface area contributed by atoms with Gasteiger partial charge in [-0.2, -0.15) is 0 Å². The van der Waals surface area contributed by atoms with Gasteiger partial charge < -0.3 is 15.4 Å². The second-order valence-electron chi connectivity index (χ2n) is 4.09. The molecule has 6 nitrogen and oxygen atoms in total. The molecule has 0 spiro atoms. The molecule has 0 amide bonds. The van der Waals surface area contributed by atoms with Gasteiger partial charge in [-0.15, -0.1) is 0 Å². The monoisotopic (exact) mass is 253 g/mol. The molecule has 1 aromatic rings. The molecular weight excluding hydrogens is 234 g/mol. The van der Waals surface area contributed by atoms with Crippen LogP contribution in [-0.2, 0) is 4.74 Å². The van der Waals surface area contributed by atoms with E-state index in [2.05, 4.69) is 4.90 Å². The Hall–Kier alpha value is -1.82. The molecule has 0 fully saturated rings. The number of hydrogen-bond acceptors (Lipinski definition) is 5. The van der Waals surface area contributed by atoms with Gasteiger partial charge in [-0.1, -0.05) is 0 Å². The Morgan fingerprint density at radius 3 is 2.67 bits per heavy atom. The largest absolute Gasteiger partial charge is 0.393 e. The van der Waals surface area contributed by atoms with Crippen LogP contribution in [0.15, 0.2) is 18.2 Å². The predicted molar refractivity (Wildman–Crippen MR) is 71.9 cm³/mol. The van der Waals surface area contributed by atoms with Crippen molar-refractivity contribution in [3.63, 3.8) is 0 Å². The lowest BCUT2D eigenvalue weighted by molar-refractivity contribution is -0.383. The molecule has 0 aliphatic heterocycles. The Morgan fingerprint density at radius 1 is 1.56 bits per heavy atom. The third-order valence-corrected chi connectivity index (χ3v) is 2.82. The van der Waals surface area contributed by atoms with Gasteiger partial charge >= 0.3 is 0 Å². The van der Waals surface area contributed by atoms with Crippen molar-refractivity contribution in [2.75, 3.05) is 30.9 Å². The van der Waals surface area contributed by atoms with Crippen LogP contribution in [0.4, 0.5) is 17.1 Å². The van der Waals surface area contributed by atoms with E-state index < -0.39 is 4.92 Å². The van der Waals surface area contributed by atoms with Crippen LogP contribution >= 0.6 is 0 Å². The van der Waals surface area contributed by atoms with Crippen LogP contribution in [0.1, 0.15) is 13.8 Å². The topological polar surface area (TPSA) is 81.6 Å². The number of nitrogens with two attached hydrogens (primary N) is 1. The molecule has 1 atom stereocenters. The minimum atomic E-state index is -0.478. The van der Waals surface area contributed by atoms with Crippen molar-refractivity contribution in [1.82, 2.24) is 0 Å². The van der Waals surface area contributed by atoms with E-state index >= 15 is 0 Å². The fraction of sp³-hybridized carbons (Fsp3) is 0.500. The average Bonchev–Trinajstić information content (AvgIpc) is 2.29. The first-order chi connectivity index (χ1) is 8.51. The standard InChI is InChI=1S/C12H19N3O3/c1-4-14(9(2)8-18-3)10-5-6-12(15(16)17)11(13)7-10/h5-7,9H,4,8,13H2,1-3H3. The molecule has 0 aliphatic carbocycles. The second kappa shape index (κ2) is 6.20. The van der Waals surface area contributed by atoms with Gasteiger partial charge in [-0.3, -0.25) is 10.1 Å². The fourth-order valence-electron chi connectivity index (χ4n) is 1.97. The molecule has 0 radical (unpaired) electrons. The zero-order chi connectivity index (χ0) is 13.7. The smallest absolute Gasteiger partial charge is 0.292 e. The van der Waals surface area contributed by atoms with Gasteiger partial charge in [0.1, 0.15) is 5.69 Å². The summed E-state index contributed by atoms with van der Waals surface area (Å²) in [6, 6.07) is 4.96. The quantitative estimate of drug-likeness (QED) is 0.476. The summed E-state index contributed by atoms with van der Waals surface area (Å²) in [5, 5.41) is 10.7. The summed E-state index contributed by atoms with van der Waals surface area (Å²) in [6.07, 6.45) is 0. The molecule has 1 rings (SSSR count). The average molecular weight is 253 g/mol. The number of rotatable bonds is 6. The second-order valence-corrected chi connectivity index (χ2v) is 4.09. The molecule has 0 saturated heterocycles. The number of benzene rings is 1. The summed E-state index contributed by atoms with van der Waals surface area (Å²) in [5.74, 6) is 0. The van der Waals surface area contributed by atoms with Crippen LogP contribution in [0.25, 0.3) is 0 Å². The Morgan fingerprint density at radius 2 is 2.22 bits per heavy atom. The van der Waals surface area contributed by atoms with E-state index in [-0.39, 0.29) is 17.4 Å². The van der Waals surface area contributed by atoms with E-state index in [4.69, 9.17) is 10.5 Å². The highest BCUT2D eigenvalue weighted by Gasteiger charge is 2.17. The number of methoxy groups -OCH3 is 1. The SMILES string of the molecule is CCN(c1ccc([N+](=O)[O-])c(N)c1)C(C)COC. The first-order valence-corrected chi connectivity index (χ1v) is 5.80. The number of ether oxygens (including phenoxy) is 1. The third-order valence-electron chi connectivity index (χ3n) is 2.82. The van der Waals surface area contributed by atoms with Gasteiger partial charge in [0.15, 0.2) is 0 Å². The Kier molecular flexibility index (Phi) is 4.91. The molecule has 0 bridgehead atoms. The van der Waals surface area contributed by atoms with E-state index in [0.29, 0.717) is 6.61 Å². The molecule has 0 aliphatic rings. The summed E-state index contributed by atoms with van der Waals surface area (Å²) in [6.45, 7) is 5.42. The summed E-state index contributed by atoms with van der Waals surface area (Å²) in [5.41, 5.74) is 6.68. The van der Waals surface area contributed by atoms with E-state index in [1.54, 1.807) is 19.2 Å². The van der Waals surface area contributed by atoms with Crippen molar-refractivity contribution in [3.05, 3.63) is 28.3 Å². The molecule has 18 heavy (non-hydrogen) atoms. The van der Waals surface area contributed by atoms with Gasteiger partial charge in [0, 0.05) is 31.5 Å². The highest BCUT2D eigenvalue weighted by molar-refractivity contribution is 5.66. The molecule has 1 unspecified atom stereocenters. The van der Waals surface area contributed by atoms with E-state index in [9.17, 15) is 10.1 Å². The van der Waals surface area contributed by atoms with Gasteiger partial charge in [0.2, 0.25) is 0 Å². The number of nitro benzene ring substituents is 1. The maximum atomic E-state index is 10.7. The summed E-state index contributed by atoms with van der Waals surface area (Å²) in [7, 11) is 1.65. The number of likely N-dealkylation sites (N-methyl/N-ethyl adjacent to an activating group) is 1. The van der Waals surface area contributed by atoms with Crippen LogP contribution in [0.5, 0.6) is 0 Å². The van der Waals surface area contributed by atoms with Crippen LogP contribution in [0, 0.1) is 10.1 Å². The van der Waals surface area contributed by atoms with Crippen molar-refractivity contribution in [1.29, 1.82) is 0 Å². The van der Waals surface area contributed by atoms with Gasteiger partial charge in [0.25, 0.3) is 5.69 Å². The van der Waals surface area contributed by atoms with E-state index in [1.165, 1.54) is 6.07 Å². The molecule has 0 heterocycles. The zero-order valence-corrected chi connectivity index (χ0v) is 10.9. The maximum Gasteiger partial charge on any atom is 0.292 e. The first-order valence-electron chi connectivity index (χ1n) is 5.80. The Labute approximate surface area is 106 Å². The van der Waals surface area contributed by atoms with Crippen molar-refractivity contribution in [3.8, 4) is 0 Å². The minimum absolute atomic E-state index is 0.0609. The molecule has 6 heteroatoms. The van der Waals surface area contributed by atoms with Gasteiger partial charge in [-0.25, -0.2) is 0 Å². The molecule has 0 saturated carbocycles. The van der Waals surface area contributed by atoms with E-state index in [0.717, 1.165) is 12.2 Å². The van der Waals surface area contributed by atoms with Crippen LogP contribution in [0.2, 0.25) is 0 Å². The first kappa shape index (κ1) is 14.2. The Bertz CT molecular complexity index is 423. The number of nitrogens with zero attached hydrogens (tertiary/aromatic N) is 2. The van der Waals surface area contributed by atoms with Crippen molar-refractivity contribution < 1.29 is 9.66 Å². The molecule has 1 aromatic carbocycles. The highest BCUT2D eigenvalue weighted by Crippen LogP contribution is 2.27. The lowest BCUT2D eigenvalue weighted by Gasteiger charge is -2.29. The van der Waals surface area contributed by atoms with Crippen LogP contribution in [0.3, 0.4) is 0 Å².